The molecule has 1 N–H and O–H groups in total. The average Bonchev–Trinajstić information content (AvgIpc) is 3.08. The first-order valence-electron chi connectivity index (χ1n) is 10.1. The second kappa shape index (κ2) is 9.00. The first kappa shape index (κ1) is 20.6. The molecule has 0 heterocycles. The van der Waals surface area contributed by atoms with Gasteiger partial charge in [-0.15, -0.1) is 0 Å². The van der Waals surface area contributed by atoms with Crippen molar-refractivity contribution in [3.63, 3.8) is 0 Å². The van der Waals surface area contributed by atoms with Crippen LogP contribution in [-0.2, 0) is 16.0 Å². The van der Waals surface area contributed by atoms with Crippen molar-refractivity contribution >= 4 is 12.1 Å². The van der Waals surface area contributed by atoms with Crippen LogP contribution < -0.4 is 0 Å². The van der Waals surface area contributed by atoms with Crippen LogP contribution in [0.5, 0.6) is 0 Å². The molecule has 1 aliphatic rings. The quantitative estimate of drug-likeness (QED) is 0.603. The highest BCUT2D eigenvalue weighted by molar-refractivity contribution is 5.79. The Balaban J connectivity index is 1.46. The highest BCUT2D eigenvalue weighted by atomic mass is 19.1. The molecule has 1 amide bonds. The molecule has 0 fully saturated rings. The van der Waals surface area contributed by atoms with Crippen molar-refractivity contribution in [3.8, 4) is 11.1 Å². The minimum absolute atomic E-state index is 0.105. The SMILES string of the molecule is O=C(O)CN(CCc1cccc(F)c1)C(=O)OCC1c2ccccc2-c2ccccc21. The van der Waals surface area contributed by atoms with Gasteiger partial charge >= 0.3 is 12.1 Å². The fraction of sp³-hybridized carbons (Fsp3) is 0.200. The third-order valence-corrected chi connectivity index (χ3v) is 5.48. The molecule has 0 aliphatic heterocycles. The van der Waals surface area contributed by atoms with Crippen LogP contribution in [0.4, 0.5) is 9.18 Å². The molecule has 3 aromatic carbocycles. The number of ether oxygens (including phenoxy) is 1. The van der Waals surface area contributed by atoms with Gasteiger partial charge in [-0.1, -0.05) is 60.7 Å². The van der Waals surface area contributed by atoms with E-state index in [4.69, 9.17) is 4.74 Å². The number of benzene rings is 3. The van der Waals surface area contributed by atoms with E-state index in [9.17, 15) is 19.1 Å². The minimum atomic E-state index is -1.13. The summed E-state index contributed by atoms with van der Waals surface area (Å²) < 4.78 is 19.0. The Morgan fingerprint density at radius 2 is 1.58 bits per heavy atom. The van der Waals surface area contributed by atoms with Crippen LogP contribution in [0.3, 0.4) is 0 Å². The third-order valence-electron chi connectivity index (χ3n) is 5.48. The van der Waals surface area contributed by atoms with Gasteiger partial charge in [-0.25, -0.2) is 9.18 Å². The maximum Gasteiger partial charge on any atom is 0.410 e. The molecule has 0 atom stereocenters. The van der Waals surface area contributed by atoms with Gasteiger partial charge in [0.05, 0.1) is 0 Å². The number of amides is 1. The highest BCUT2D eigenvalue weighted by Gasteiger charge is 2.30. The summed E-state index contributed by atoms with van der Waals surface area (Å²) in [5.74, 6) is -1.61. The number of carboxylic acids is 1. The van der Waals surface area contributed by atoms with Crippen LogP contribution in [0.15, 0.2) is 72.8 Å². The molecule has 4 rings (SSSR count). The number of carbonyl (C=O) groups excluding carboxylic acids is 1. The van der Waals surface area contributed by atoms with Gasteiger partial charge < -0.3 is 9.84 Å². The fourth-order valence-electron chi connectivity index (χ4n) is 4.04. The predicted octanol–water partition coefficient (Wildman–Crippen LogP) is 4.70. The molecular weight excluding hydrogens is 397 g/mol. The molecule has 0 radical (unpaired) electrons. The van der Waals surface area contributed by atoms with Crippen molar-refractivity contribution in [3.05, 3.63) is 95.3 Å². The van der Waals surface area contributed by atoms with Crippen LogP contribution in [0, 0.1) is 5.82 Å². The van der Waals surface area contributed by atoms with Crippen LogP contribution in [0.25, 0.3) is 11.1 Å². The summed E-state index contributed by atoms with van der Waals surface area (Å²) in [6.45, 7) is -0.249. The smallest absolute Gasteiger partial charge is 0.410 e. The molecule has 5 nitrogen and oxygen atoms in total. The van der Waals surface area contributed by atoms with Gasteiger partial charge in [0.2, 0.25) is 0 Å². The van der Waals surface area contributed by atoms with E-state index in [-0.39, 0.29) is 24.9 Å². The number of halogens is 1. The average molecular weight is 419 g/mol. The summed E-state index contributed by atoms with van der Waals surface area (Å²) in [7, 11) is 0. The maximum atomic E-state index is 13.4. The Kier molecular flexibility index (Phi) is 5.98. The molecule has 0 saturated carbocycles. The molecule has 3 aromatic rings. The Hall–Kier alpha value is -3.67. The van der Waals surface area contributed by atoms with Crippen molar-refractivity contribution in [2.45, 2.75) is 12.3 Å². The fourth-order valence-corrected chi connectivity index (χ4v) is 4.04. The zero-order valence-electron chi connectivity index (χ0n) is 16.8. The molecule has 31 heavy (non-hydrogen) atoms. The first-order valence-corrected chi connectivity index (χ1v) is 10.1. The van der Waals surface area contributed by atoms with Gasteiger partial charge in [-0.2, -0.15) is 0 Å². The summed E-state index contributed by atoms with van der Waals surface area (Å²) in [6.07, 6.45) is -0.365. The second-order valence-corrected chi connectivity index (χ2v) is 7.50. The van der Waals surface area contributed by atoms with Crippen molar-refractivity contribution in [1.29, 1.82) is 0 Å². The van der Waals surface area contributed by atoms with Gasteiger partial charge in [-0.05, 0) is 46.4 Å². The maximum absolute atomic E-state index is 13.4. The molecule has 1 aliphatic carbocycles. The standard InChI is InChI=1S/C25H22FNO4/c26-18-7-5-6-17(14-18)12-13-27(15-24(28)29)25(30)31-16-23-21-10-3-1-8-19(21)20-9-2-4-11-22(20)23/h1-11,14,23H,12-13,15-16H2,(H,28,29). The predicted molar refractivity (Wildman–Crippen MR) is 114 cm³/mol. The Morgan fingerprint density at radius 3 is 2.19 bits per heavy atom. The van der Waals surface area contributed by atoms with Crippen LogP contribution in [0.2, 0.25) is 0 Å². The molecule has 0 bridgehead atoms. The highest BCUT2D eigenvalue weighted by Crippen LogP contribution is 2.44. The molecule has 0 saturated heterocycles. The number of carbonyl (C=O) groups is 2. The van der Waals surface area contributed by atoms with E-state index in [1.807, 2.05) is 48.5 Å². The number of fused-ring (bicyclic) bond motifs is 3. The van der Waals surface area contributed by atoms with Gasteiger partial charge in [0.15, 0.2) is 0 Å². The van der Waals surface area contributed by atoms with Gasteiger partial charge in [0.25, 0.3) is 0 Å². The van der Waals surface area contributed by atoms with Crippen molar-refractivity contribution < 1.29 is 23.8 Å². The Bertz CT molecular complexity index is 1070. The van der Waals surface area contributed by atoms with E-state index in [1.165, 1.54) is 12.1 Å². The number of hydrogen-bond donors (Lipinski definition) is 1. The van der Waals surface area contributed by atoms with Gasteiger partial charge in [0.1, 0.15) is 19.0 Å². The number of hydrogen-bond acceptors (Lipinski definition) is 3. The van der Waals surface area contributed by atoms with Crippen molar-refractivity contribution in [1.82, 2.24) is 4.90 Å². The minimum Gasteiger partial charge on any atom is -0.480 e. The summed E-state index contributed by atoms with van der Waals surface area (Å²) in [4.78, 5) is 25.1. The van der Waals surface area contributed by atoms with Gasteiger partial charge in [-0.3, -0.25) is 9.69 Å². The number of aliphatic carboxylic acids is 1. The lowest BCUT2D eigenvalue weighted by Gasteiger charge is -2.22. The summed E-state index contributed by atoms with van der Waals surface area (Å²) in [5.41, 5.74) is 5.09. The van der Waals surface area contributed by atoms with E-state index >= 15 is 0 Å². The van der Waals surface area contributed by atoms with Crippen molar-refractivity contribution in [2.75, 3.05) is 19.7 Å². The molecule has 0 aromatic heterocycles. The first-order chi connectivity index (χ1) is 15.0. The van der Waals surface area contributed by atoms with E-state index in [2.05, 4.69) is 0 Å². The lowest BCUT2D eigenvalue weighted by Crippen LogP contribution is -2.38. The molecule has 0 unspecified atom stereocenters. The van der Waals surface area contributed by atoms with Gasteiger partial charge in [0, 0.05) is 12.5 Å². The van der Waals surface area contributed by atoms with Crippen LogP contribution in [-0.4, -0.2) is 41.8 Å². The number of nitrogens with zero attached hydrogens (tertiary/aromatic N) is 1. The normalized spacial score (nSPS) is 12.2. The van der Waals surface area contributed by atoms with E-state index in [0.717, 1.165) is 27.2 Å². The van der Waals surface area contributed by atoms with E-state index < -0.39 is 18.6 Å². The monoisotopic (exact) mass is 419 g/mol. The Morgan fingerprint density at radius 1 is 0.935 bits per heavy atom. The molecule has 6 heteroatoms. The van der Waals surface area contributed by atoms with E-state index in [1.54, 1.807) is 12.1 Å². The largest absolute Gasteiger partial charge is 0.480 e. The number of rotatable bonds is 7. The lowest BCUT2D eigenvalue weighted by molar-refractivity contribution is -0.138. The zero-order chi connectivity index (χ0) is 21.8. The molecule has 0 spiro atoms. The third kappa shape index (κ3) is 4.58. The summed E-state index contributed by atoms with van der Waals surface area (Å²) in [5, 5.41) is 9.20. The number of carboxylic acid groups (broad SMARTS) is 1. The molecular formula is C25H22FNO4. The summed E-state index contributed by atoms with van der Waals surface area (Å²) >= 11 is 0. The van der Waals surface area contributed by atoms with Crippen molar-refractivity contribution in [2.24, 2.45) is 0 Å². The second-order valence-electron chi connectivity index (χ2n) is 7.50. The topological polar surface area (TPSA) is 66.8 Å². The lowest BCUT2D eigenvalue weighted by atomic mass is 9.98. The summed E-state index contributed by atoms with van der Waals surface area (Å²) in [6, 6.07) is 22.0. The zero-order valence-corrected chi connectivity index (χ0v) is 16.8. The van der Waals surface area contributed by atoms with Crippen LogP contribution in [0.1, 0.15) is 22.6 Å². The molecule has 158 valence electrons. The Labute approximate surface area is 179 Å². The van der Waals surface area contributed by atoms with E-state index in [0.29, 0.717) is 12.0 Å². The van der Waals surface area contributed by atoms with Crippen LogP contribution >= 0.6 is 0 Å².